The van der Waals surface area contributed by atoms with Crippen molar-refractivity contribution in [2.24, 2.45) is 23.2 Å². The molecule has 3 fully saturated rings. The van der Waals surface area contributed by atoms with Crippen molar-refractivity contribution in [3.05, 3.63) is 41.5 Å². The molecule has 5 nitrogen and oxygen atoms in total. The van der Waals surface area contributed by atoms with Gasteiger partial charge in [0.2, 0.25) is 5.91 Å². The van der Waals surface area contributed by atoms with Crippen LogP contribution < -0.4 is 10.2 Å². The lowest BCUT2D eigenvalue weighted by Gasteiger charge is -2.59. The molecule has 0 spiro atoms. The monoisotopic (exact) mass is 546 g/mol. The first kappa shape index (κ1) is 26.9. The van der Waals surface area contributed by atoms with Gasteiger partial charge in [0.25, 0.3) is 0 Å². The molecule has 0 radical (unpaired) electrons. The molecular weight excluding hydrogens is 507 g/mol. The number of nitrogens with one attached hydrogen (secondary N) is 1. The zero-order chi connectivity index (χ0) is 26.2. The van der Waals surface area contributed by atoms with E-state index in [-0.39, 0.29) is 28.9 Å². The third-order valence-electron chi connectivity index (χ3n) is 10.0. The van der Waals surface area contributed by atoms with Crippen molar-refractivity contribution in [3.63, 3.8) is 0 Å². The van der Waals surface area contributed by atoms with Crippen LogP contribution >= 0.6 is 23.2 Å². The van der Waals surface area contributed by atoms with E-state index in [4.69, 9.17) is 27.9 Å². The van der Waals surface area contributed by atoms with Gasteiger partial charge >= 0.3 is 5.97 Å². The number of halogens is 2. The molecule has 1 aromatic rings. The van der Waals surface area contributed by atoms with E-state index in [1.807, 2.05) is 24.3 Å². The number of nitrogens with zero attached hydrogens (tertiary/aromatic N) is 1. The molecule has 7 heteroatoms. The number of carbonyl (C=O) groups excluding carboxylic acids is 2. The summed E-state index contributed by atoms with van der Waals surface area (Å²) in [5, 5.41) is 3.35. The van der Waals surface area contributed by atoms with Gasteiger partial charge in [-0.3, -0.25) is 4.79 Å². The highest BCUT2D eigenvalue weighted by atomic mass is 35.5. The number of fused-ring (bicyclic) bond motifs is 5. The first-order valence-electron chi connectivity index (χ1n) is 14.0. The molecule has 1 aromatic carbocycles. The molecule has 1 aliphatic heterocycles. The lowest BCUT2D eigenvalue weighted by atomic mass is 9.48. The Morgan fingerprint density at radius 2 is 1.78 bits per heavy atom. The van der Waals surface area contributed by atoms with Gasteiger partial charge in [0, 0.05) is 48.9 Å². The van der Waals surface area contributed by atoms with E-state index in [2.05, 4.69) is 30.1 Å². The van der Waals surface area contributed by atoms with Crippen molar-refractivity contribution in [3.8, 4) is 0 Å². The number of anilines is 1. The van der Waals surface area contributed by atoms with Crippen molar-refractivity contribution in [1.29, 1.82) is 0 Å². The maximum absolute atomic E-state index is 13.0. The van der Waals surface area contributed by atoms with Gasteiger partial charge in [-0.1, -0.05) is 18.6 Å². The zero-order valence-electron chi connectivity index (χ0n) is 22.1. The maximum atomic E-state index is 13.0. The van der Waals surface area contributed by atoms with Crippen LogP contribution in [-0.2, 0) is 9.53 Å². The molecule has 1 N–H and O–H groups in total. The summed E-state index contributed by atoms with van der Waals surface area (Å²) >= 11 is 11.9. The molecule has 1 amide bonds. The molecule has 202 valence electrons. The van der Waals surface area contributed by atoms with Crippen LogP contribution in [0.3, 0.4) is 0 Å². The van der Waals surface area contributed by atoms with E-state index in [0.717, 1.165) is 50.6 Å². The Balaban J connectivity index is 1.24. The molecule has 37 heavy (non-hydrogen) atoms. The van der Waals surface area contributed by atoms with Crippen molar-refractivity contribution < 1.29 is 14.3 Å². The van der Waals surface area contributed by atoms with Crippen molar-refractivity contribution in [2.75, 3.05) is 29.7 Å². The van der Waals surface area contributed by atoms with Crippen LogP contribution in [0.5, 0.6) is 0 Å². The number of amides is 1. The Kier molecular flexibility index (Phi) is 7.85. The molecule has 2 saturated carbocycles. The Labute approximate surface area is 231 Å². The second-order valence-corrected chi connectivity index (χ2v) is 12.7. The number of rotatable bonds is 7. The van der Waals surface area contributed by atoms with Crippen LogP contribution in [0.25, 0.3) is 0 Å². The number of ether oxygens (including phenoxy) is 1. The van der Waals surface area contributed by atoms with Gasteiger partial charge in [-0.05, 0) is 92.9 Å². The number of esters is 1. The van der Waals surface area contributed by atoms with Crippen LogP contribution in [0.1, 0.15) is 75.6 Å². The largest absolute Gasteiger partial charge is 0.458 e. The lowest BCUT2D eigenvalue weighted by Crippen LogP contribution is -2.62. The molecule has 0 unspecified atom stereocenters. The molecule has 6 atom stereocenters. The highest BCUT2D eigenvalue weighted by molar-refractivity contribution is 6.18. The van der Waals surface area contributed by atoms with E-state index < -0.39 is 0 Å². The van der Waals surface area contributed by atoms with E-state index in [1.165, 1.54) is 5.57 Å². The molecule has 5 rings (SSSR count). The minimum atomic E-state index is -0.248. The van der Waals surface area contributed by atoms with E-state index >= 15 is 0 Å². The molecule has 1 heterocycles. The van der Waals surface area contributed by atoms with Crippen LogP contribution in [0, 0.1) is 23.2 Å². The van der Waals surface area contributed by atoms with Crippen molar-refractivity contribution in [1.82, 2.24) is 5.32 Å². The third-order valence-corrected chi connectivity index (χ3v) is 10.3. The summed E-state index contributed by atoms with van der Waals surface area (Å²) < 4.78 is 6.03. The highest BCUT2D eigenvalue weighted by Gasteiger charge is 2.56. The number of allylic oxidation sites excluding steroid dienone is 1. The Hall–Kier alpha value is -1.72. The third kappa shape index (κ3) is 5.15. The Morgan fingerprint density at radius 1 is 1.05 bits per heavy atom. The second kappa shape index (κ2) is 10.8. The fraction of sp³-hybridized carbons (Fsp3) is 0.667. The normalized spacial score (nSPS) is 34.8. The second-order valence-electron chi connectivity index (χ2n) is 12.0. The molecule has 3 aliphatic carbocycles. The fourth-order valence-corrected chi connectivity index (χ4v) is 8.41. The summed E-state index contributed by atoms with van der Waals surface area (Å²) in [6.45, 7) is 6.14. The van der Waals surface area contributed by atoms with Gasteiger partial charge in [0.1, 0.15) is 6.10 Å². The predicted molar refractivity (Wildman–Crippen MR) is 149 cm³/mol. The quantitative estimate of drug-likeness (QED) is 0.246. The summed E-state index contributed by atoms with van der Waals surface area (Å²) in [4.78, 5) is 27.2. The summed E-state index contributed by atoms with van der Waals surface area (Å²) in [5.41, 5.74) is 3.19. The zero-order valence-corrected chi connectivity index (χ0v) is 23.6. The number of hydrogen-bond acceptors (Lipinski definition) is 4. The van der Waals surface area contributed by atoms with Crippen LogP contribution in [0.2, 0.25) is 0 Å². The lowest BCUT2D eigenvalue weighted by molar-refractivity contribution is -0.131. The number of carbonyl (C=O) groups is 2. The van der Waals surface area contributed by atoms with E-state index in [0.29, 0.717) is 54.6 Å². The molecular formula is C30H40Cl2N2O3. The molecule has 1 saturated heterocycles. The van der Waals surface area contributed by atoms with Crippen molar-refractivity contribution >= 4 is 40.8 Å². The maximum Gasteiger partial charge on any atom is 0.338 e. The van der Waals surface area contributed by atoms with Gasteiger partial charge in [0.15, 0.2) is 0 Å². The van der Waals surface area contributed by atoms with Crippen LogP contribution in [0.4, 0.5) is 5.69 Å². The summed E-state index contributed by atoms with van der Waals surface area (Å²) in [7, 11) is 0. The van der Waals surface area contributed by atoms with Gasteiger partial charge in [-0.15, -0.1) is 23.2 Å². The topological polar surface area (TPSA) is 58.6 Å². The van der Waals surface area contributed by atoms with E-state index in [9.17, 15) is 9.59 Å². The molecule has 0 aromatic heterocycles. The van der Waals surface area contributed by atoms with Gasteiger partial charge < -0.3 is 15.0 Å². The first-order chi connectivity index (χ1) is 17.8. The minimum absolute atomic E-state index is 0.0501. The molecule has 0 bridgehead atoms. The molecule has 4 aliphatic rings. The number of alkyl halides is 2. The summed E-state index contributed by atoms with van der Waals surface area (Å²) in [6.07, 6.45) is 10.1. The predicted octanol–water partition coefficient (Wildman–Crippen LogP) is 6.33. The van der Waals surface area contributed by atoms with E-state index in [1.54, 1.807) is 0 Å². The summed E-state index contributed by atoms with van der Waals surface area (Å²) in [6, 6.07) is 7.57. The standard InChI is InChI=1S/C30H40Cl2N2O3/c1-29-13-11-23(37-28(36)20-3-6-22(7-4-20)34(17-15-31)18-16-32)19-21(29)5-8-24-25(29)12-14-30(2)26(24)9-10-27(35)33-30/h3-7,23-26H,8-19H2,1-2H3,(H,33,35)/t23-,24+,25-,26-,29-,30-/m0/s1. The number of piperidine rings is 1. The number of hydrogen-bond donors (Lipinski definition) is 1. The number of benzene rings is 1. The Bertz CT molecular complexity index is 1040. The summed E-state index contributed by atoms with van der Waals surface area (Å²) in [5.74, 6) is 2.85. The highest BCUT2D eigenvalue weighted by Crippen LogP contribution is 2.60. The SMILES string of the molecule is C[C@]12CC[C@H](OC(=O)c3ccc(N(CCCl)CCCl)cc3)CC1=CC[C@@H]1[C@@H]2CC[C@]2(C)NC(=O)CC[C@@H]12. The average Bonchev–Trinajstić information content (AvgIpc) is 2.88. The Morgan fingerprint density at radius 3 is 2.49 bits per heavy atom. The first-order valence-corrected chi connectivity index (χ1v) is 15.0. The van der Waals surface area contributed by atoms with Crippen LogP contribution in [0.15, 0.2) is 35.9 Å². The fourth-order valence-electron chi connectivity index (χ4n) is 8.01. The van der Waals surface area contributed by atoms with Gasteiger partial charge in [-0.2, -0.15) is 0 Å². The average molecular weight is 548 g/mol. The van der Waals surface area contributed by atoms with Gasteiger partial charge in [-0.25, -0.2) is 4.79 Å². The van der Waals surface area contributed by atoms with Gasteiger partial charge in [0.05, 0.1) is 5.56 Å². The van der Waals surface area contributed by atoms with Crippen molar-refractivity contribution in [2.45, 2.75) is 76.9 Å². The minimum Gasteiger partial charge on any atom is -0.458 e. The smallest absolute Gasteiger partial charge is 0.338 e. The van der Waals surface area contributed by atoms with Crippen LogP contribution in [-0.4, -0.2) is 48.4 Å².